The molecule has 118 valence electrons. The lowest BCUT2D eigenvalue weighted by Gasteiger charge is -2.27. The fourth-order valence-electron chi connectivity index (χ4n) is 3.27. The molecule has 5 heteroatoms. The van der Waals surface area contributed by atoms with Crippen LogP contribution in [0.4, 0.5) is 0 Å². The largest absolute Gasteiger partial charge is 0.464 e. The first-order valence-corrected chi connectivity index (χ1v) is 7.79. The summed E-state index contributed by atoms with van der Waals surface area (Å²) in [5.41, 5.74) is 4.75. The van der Waals surface area contributed by atoms with Gasteiger partial charge < -0.3 is 15.1 Å². The predicted molar refractivity (Wildman–Crippen MR) is 88.6 cm³/mol. The van der Waals surface area contributed by atoms with Crippen LogP contribution in [0.2, 0.25) is 0 Å². The number of aryl methyl sites for hydroxylation is 2. The van der Waals surface area contributed by atoms with E-state index in [1.165, 1.54) is 17.5 Å². The van der Waals surface area contributed by atoms with Gasteiger partial charge in [0.1, 0.15) is 5.58 Å². The maximum Gasteiger partial charge on any atom is 0.224 e. The fourth-order valence-corrected chi connectivity index (χ4v) is 3.27. The van der Waals surface area contributed by atoms with E-state index in [1.54, 1.807) is 6.26 Å². The van der Waals surface area contributed by atoms with Gasteiger partial charge in [-0.25, -0.2) is 0 Å². The smallest absolute Gasteiger partial charge is 0.224 e. The third-order valence-electron chi connectivity index (χ3n) is 4.67. The first-order valence-electron chi connectivity index (χ1n) is 7.79. The van der Waals surface area contributed by atoms with Crippen molar-refractivity contribution in [2.75, 3.05) is 19.6 Å². The Labute approximate surface area is 136 Å². The number of nitrogens with one attached hydrogen (secondary N) is 2. The van der Waals surface area contributed by atoms with Crippen molar-refractivity contribution in [3.05, 3.63) is 35.1 Å². The van der Waals surface area contributed by atoms with Crippen LogP contribution in [0.5, 0.6) is 0 Å². The van der Waals surface area contributed by atoms with E-state index in [1.807, 2.05) is 0 Å². The molecule has 1 aliphatic heterocycles. The Kier molecular flexibility index (Phi) is 4.41. The molecule has 2 heterocycles. The van der Waals surface area contributed by atoms with Crippen LogP contribution in [0.15, 0.2) is 22.8 Å². The van der Waals surface area contributed by atoms with Crippen LogP contribution in [0.1, 0.15) is 23.1 Å². The van der Waals surface area contributed by atoms with Gasteiger partial charge in [-0.3, -0.25) is 4.79 Å². The third kappa shape index (κ3) is 2.85. The summed E-state index contributed by atoms with van der Waals surface area (Å²) in [6.45, 7) is 2.80. The van der Waals surface area contributed by atoms with E-state index in [-0.39, 0.29) is 18.3 Å². The summed E-state index contributed by atoms with van der Waals surface area (Å²) in [6, 6.07) is 4.37. The Morgan fingerprint density at radius 2 is 2.05 bits per heavy atom. The topological polar surface area (TPSA) is 54.3 Å². The maximum atomic E-state index is 12.1. The van der Waals surface area contributed by atoms with Crippen molar-refractivity contribution < 1.29 is 9.21 Å². The second kappa shape index (κ2) is 6.31. The lowest BCUT2D eigenvalue weighted by atomic mass is 10.0. The zero-order chi connectivity index (χ0) is 14.2. The van der Waals surface area contributed by atoms with Gasteiger partial charge in [-0.15, -0.1) is 12.4 Å². The number of benzene rings is 1. The molecule has 2 aliphatic rings. The van der Waals surface area contributed by atoms with Crippen molar-refractivity contribution in [3.8, 4) is 0 Å². The molecule has 0 spiro atoms. The molecule has 4 rings (SSSR count). The van der Waals surface area contributed by atoms with Gasteiger partial charge in [0, 0.05) is 36.5 Å². The first-order chi connectivity index (χ1) is 10.3. The first kappa shape index (κ1) is 15.4. The molecule has 4 nitrogen and oxygen atoms in total. The number of carbonyl (C=O) groups is 1. The van der Waals surface area contributed by atoms with Crippen LogP contribution in [-0.2, 0) is 24.1 Å². The summed E-state index contributed by atoms with van der Waals surface area (Å²) in [5.74, 6) is 0.684. The van der Waals surface area contributed by atoms with Gasteiger partial charge in [-0.05, 0) is 42.5 Å². The molecular formula is C17H21ClN2O2. The summed E-state index contributed by atoms with van der Waals surface area (Å²) in [4.78, 5) is 12.1. The van der Waals surface area contributed by atoms with Crippen molar-refractivity contribution in [1.82, 2.24) is 10.6 Å². The number of fused-ring (bicyclic) bond motifs is 2. The number of hydrogen-bond donors (Lipinski definition) is 2. The average Bonchev–Trinajstić information content (AvgIpc) is 3.01. The highest BCUT2D eigenvalue weighted by Crippen LogP contribution is 2.30. The molecule has 0 radical (unpaired) electrons. The van der Waals surface area contributed by atoms with Crippen molar-refractivity contribution in [2.24, 2.45) is 5.92 Å². The molecule has 1 aromatic carbocycles. The van der Waals surface area contributed by atoms with Gasteiger partial charge in [0.25, 0.3) is 0 Å². The zero-order valence-corrected chi connectivity index (χ0v) is 13.3. The lowest BCUT2D eigenvalue weighted by Crippen LogP contribution is -2.48. The second-order valence-electron chi connectivity index (χ2n) is 6.24. The highest BCUT2D eigenvalue weighted by molar-refractivity contribution is 5.88. The highest BCUT2D eigenvalue weighted by atomic mass is 35.5. The van der Waals surface area contributed by atoms with E-state index in [0.29, 0.717) is 12.3 Å². The van der Waals surface area contributed by atoms with E-state index >= 15 is 0 Å². The molecule has 1 amide bonds. The van der Waals surface area contributed by atoms with Gasteiger partial charge in [0.15, 0.2) is 0 Å². The molecule has 1 aliphatic carbocycles. The van der Waals surface area contributed by atoms with Crippen LogP contribution in [0.25, 0.3) is 11.0 Å². The minimum atomic E-state index is 0. The van der Waals surface area contributed by atoms with Crippen molar-refractivity contribution >= 4 is 29.3 Å². The van der Waals surface area contributed by atoms with Crippen LogP contribution < -0.4 is 10.6 Å². The third-order valence-corrected chi connectivity index (χ3v) is 4.67. The van der Waals surface area contributed by atoms with Gasteiger partial charge in [-0.2, -0.15) is 0 Å². The number of furan rings is 1. The summed E-state index contributed by atoms with van der Waals surface area (Å²) >= 11 is 0. The number of hydrogen-bond acceptors (Lipinski definition) is 3. The van der Waals surface area contributed by atoms with Crippen LogP contribution in [0, 0.1) is 5.92 Å². The average molecular weight is 321 g/mol. The van der Waals surface area contributed by atoms with E-state index < -0.39 is 0 Å². The fraction of sp³-hybridized carbons (Fsp3) is 0.471. The van der Waals surface area contributed by atoms with Gasteiger partial charge >= 0.3 is 0 Å². The number of amides is 1. The molecule has 22 heavy (non-hydrogen) atoms. The quantitative estimate of drug-likeness (QED) is 0.908. The maximum absolute atomic E-state index is 12.1. The number of rotatable bonds is 4. The van der Waals surface area contributed by atoms with Crippen molar-refractivity contribution in [2.45, 2.75) is 25.7 Å². The molecule has 2 aromatic rings. The van der Waals surface area contributed by atoms with Crippen LogP contribution in [-0.4, -0.2) is 25.5 Å². The lowest BCUT2D eigenvalue weighted by molar-refractivity contribution is -0.120. The monoisotopic (exact) mass is 320 g/mol. The Morgan fingerprint density at radius 3 is 2.77 bits per heavy atom. The van der Waals surface area contributed by atoms with Gasteiger partial charge in [-0.1, -0.05) is 0 Å². The van der Waals surface area contributed by atoms with Gasteiger partial charge in [0.05, 0.1) is 12.7 Å². The Hall–Kier alpha value is -1.52. The molecule has 0 atom stereocenters. The normalized spacial score (nSPS) is 16.9. The SMILES string of the molecule is Cl.O=C(Cc1coc2cc3c(cc12)CCC3)NCC1CNC1. The molecule has 0 bridgehead atoms. The number of halogens is 1. The van der Waals surface area contributed by atoms with Crippen LogP contribution in [0.3, 0.4) is 0 Å². The Morgan fingerprint density at radius 1 is 1.27 bits per heavy atom. The molecule has 0 unspecified atom stereocenters. The van der Waals surface area contributed by atoms with Crippen LogP contribution >= 0.6 is 12.4 Å². The molecule has 2 N–H and O–H groups in total. The standard InChI is InChI=1S/C17H20N2O2.ClH/c20-17(19-9-11-7-18-8-11)6-14-10-21-16-5-13-3-1-2-12(13)4-15(14)16;/h4-5,10-11,18H,1-3,6-9H2,(H,19,20);1H. The minimum Gasteiger partial charge on any atom is -0.464 e. The van der Waals surface area contributed by atoms with E-state index in [4.69, 9.17) is 4.42 Å². The zero-order valence-electron chi connectivity index (χ0n) is 12.5. The molecule has 1 aromatic heterocycles. The second-order valence-corrected chi connectivity index (χ2v) is 6.24. The summed E-state index contributed by atoms with van der Waals surface area (Å²) in [5, 5.41) is 7.34. The minimum absolute atomic E-state index is 0. The predicted octanol–water partition coefficient (Wildman–Crippen LogP) is 2.22. The Balaban J connectivity index is 0.00000144. The van der Waals surface area contributed by atoms with E-state index in [0.717, 1.165) is 49.0 Å². The van der Waals surface area contributed by atoms with Crippen molar-refractivity contribution in [1.29, 1.82) is 0 Å². The molecule has 1 saturated heterocycles. The number of carbonyl (C=O) groups excluding carboxylic acids is 1. The van der Waals surface area contributed by atoms with E-state index in [2.05, 4.69) is 22.8 Å². The summed E-state index contributed by atoms with van der Waals surface area (Å²) < 4.78 is 5.64. The van der Waals surface area contributed by atoms with Gasteiger partial charge in [0.2, 0.25) is 5.91 Å². The Bertz CT molecular complexity index is 691. The summed E-state index contributed by atoms with van der Waals surface area (Å²) in [7, 11) is 0. The summed E-state index contributed by atoms with van der Waals surface area (Å²) in [6.07, 6.45) is 5.68. The molecule has 1 fully saturated rings. The molecule has 0 saturated carbocycles. The van der Waals surface area contributed by atoms with Crippen molar-refractivity contribution in [3.63, 3.8) is 0 Å². The highest BCUT2D eigenvalue weighted by Gasteiger charge is 2.19. The van der Waals surface area contributed by atoms with E-state index in [9.17, 15) is 4.79 Å². The molecular weight excluding hydrogens is 300 g/mol.